The third-order valence-corrected chi connectivity index (χ3v) is 3.11. The van der Waals surface area contributed by atoms with E-state index in [0.29, 0.717) is 29.1 Å². The summed E-state index contributed by atoms with van der Waals surface area (Å²) in [6, 6.07) is 2.91. The molecule has 7 heteroatoms. The minimum Gasteiger partial charge on any atom is -0.387 e. The van der Waals surface area contributed by atoms with Crippen molar-refractivity contribution in [3.63, 3.8) is 0 Å². The Morgan fingerprint density at radius 1 is 1.61 bits per heavy atom. The number of hydrogen-bond acceptors (Lipinski definition) is 3. The van der Waals surface area contributed by atoms with Gasteiger partial charge in [-0.05, 0) is 24.5 Å². The van der Waals surface area contributed by atoms with Crippen LogP contribution in [0.25, 0.3) is 0 Å². The number of rotatable bonds is 4. The molecule has 0 spiro atoms. The zero-order chi connectivity index (χ0) is 13.1. The molecular weight excluding hydrogens is 254 g/mol. The van der Waals surface area contributed by atoms with Gasteiger partial charge in [-0.25, -0.2) is 14.8 Å². The van der Waals surface area contributed by atoms with Crippen LogP contribution in [-0.2, 0) is 0 Å². The average Bonchev–Trinajstić information content (AvgIpc) is 3.09. The summed E-state index contributed by atoms with van der Waals surface area (Å²) in [6.07, 6.45) is 2.50. The summed E-state index contributed by atoms with van der Waals surface area (Å²) >= 11 is 5.93. The highest BCUT2D eigenvalue weighted by Crippen LogP contribution is 2.38. The van der Waals surface area contributed by atoms with E-state index >= 15 is 0 Å². The van der Waals surface area contributed by atoms with Gasteiger partial charge in [-0.2, -0.15) is 0 Å². The molecule has 1 aromatic rings. The summed E-state index contributed by atoms with van der Waals surface area (Å²) in [5.74, 6) is 1.37. The summed E-state index contributed by atoms with van der Waals surface area (Å²) in [4.78, 5) is 18.8. The lowest BCUT2D eigenvalue weighted by atomic mass is 10.3. The summed E-state index contributed by atoms with van der Waals surface area (Å²) in [5, 5.41) is 3.02. The highest BCUT2D eigenvalue weighted by Gasteiger charge is 2.40. The molecule has 0 aliphatic heterocycles. The Bertz CT molecular complexity index is 490. The van der Waals surface area contributed by atoms with Crippen LogP contribution in [0.3, 0.4) is 0 Å². The average molecular weight is 268 g/mol. The topological polar surface area (TPSA) is 106 Å². The molecule has 0 saturated heterocycles. The van der Waals surface area contributed by atoms with E-state index in [1.165, 1.54) is 0 Å². The number of carbonyl (C=O) groups excluding carboxylic acids is 1. The van der Waals surface area contributed by atoms with Crippen LogP contribution in [0.5, 0.6) is 0 Å². The van der Waals surface area contributed by atoms with Crippen molar-refractivity contribution >= 4 is 29.3 Å². The molecule has 1 aliphatic carbocycles. The lowest BCUT2D eigenvalue weighted by molar-refractivity contribution is 0.248. The minimum atomic E-state index is -0.524. The van der Waals surface area contributed by atoms with Gasteiger partial charge in [0.25, 0.3) is 0 Å². The van der Waals surface area contributed by atoms with Crippen molar-refractivity contribution in [3.05, 3.63) is 23.4 Å². The SMILES string of the molecule is NC(=O)NCC1CC1/C(N)=N/c1ncccc1Cl. The maximum atomic E-state index is 10.6. The molecule has 1 saturated carbocycles. The number of hydrogen-bond donors (Lipinski definition) is 3. The predicted molar refractivity (Wildman–Crippen MR) is 69.7 cm³/mol. The lowest BCUT2D eigenvalue weighted by Crippen LogP contribution is -2.31. The van der Waals surface area contributed by atoms with E-state index in [1.54, 1.807) is 18.3 Å². The first-order chi connectivity index (χ1) is 8.58. The van der Waals surface area contributed by atoms with Crippen molar-refractivity contribution in [1.82, 2.24) is 10.3 Å². The first-order valence-electron chi connectivity index (χ1n) is 5.56. The zero-order valence-electron chi connectivity index (χ0n) is 9.64. The summed E-state index contributed by atoms with van der Waals surface area (Å²) in [5.41, 5.74) is 10.9. The highest BCUT2D eigenvalue weighted by atomic mass is 35.5. The molecule has 96 valence electrons. The van der Waals surface area contributed by atoms with E-state index in [0.717, 1.165) is 6.42 Å². The molecule has 0 aromatic carbocycles. The molecule has 1 heterocycles. The second-order valence-electron chi connectivity index (χ2n) is 4.19. The number of pyridine rings is 1. The van der Waals surface area contributed by atoms with E-state index in [2.05, 4.69) is 15.3 Å². The predicted octanol–water partition coefficient (Wildman–Crippen LogP) is 1.03. The molecule has 0 radical (unpaired) electrons. The number of amidine groups is 1. The van der Waals surface area contributed by atoms with E-state index < -0.39 is 6.03 Å². The summed E-state index contributed by atoms with van der Waals surface area (Å²) in [7, 11) is 0. The maximum absolute atomic E-state index is 10.6. The van der Waals surface area contributed by atoms with Gasteiger partial charge in [0.15, 0.2) is 5.82 Å². The molecule has 18 heavy (non-hydrogen) atoms. The molecule has 2 atom stereocenters. The van der Waals surface area contributed by atoms with Crippen LogP contribution in [0.2, 0.25) is 5.02 Å². The Hall–Kier alpha value is -1.82. The fourth-order valence-electron chi connectivity index (χ4n) is 1.73. The Morgan fingerprint density at radius 3 is 3.06 bits per heavy atom. The van der Waals surface area contributed by atoms with E-state index in [4.69, 9.17) is 23.1 Å². The number of carbonyl (C=O) groups is 1. The number of aromatic nitrogens is 1. The third kappa shape index (κ3) is 3.10. The number of aliphatic imine (C=N–C) groups is 1. The molecule has 1 fully saturated rings. The molecule has 6 nitrogen and oxygen atoms in total. The molecule has 2 rings (SSSR count). The number of amides is 2. The molecule has 5 N–H and O–H groups in total. The second kappa shape index (κ2) is 5.22. The van der Waals surface area contributed by atoms with Crippen molar-refractivity contribution in [2.45, 2.75) is 6.42 Å². The first-order valence-corrected chi connectivity index (χ1v) is 5.93. The van der Waals surface area contributed by atoms with Crippen molar-refractivity contribution in [2.24, 2.45) is 28.3 Å². The van der Waals surface area contributed by atoms with Crippen LogP contribution in [0.15, 0.2) is 23.3 Å². The summed E-state index contributed by atoms with van der Waals surface area (Å²) < 4.78 is 0. The number of halogens is 1. The molecular formula is C11H14ClN5O. The number of nitrogens with zero attached hydrogens (tertiary/aromatic N) is 2. The highest BCUT2D eigenvalue weighted by molar-refractivity contribution is 6.32. The van der Waals surface area contributed by atoms with Crippen LogP contribution < -0.4 is 16.8 Å². The normalized spacial score (nSPS) is 22.6. The maximum Gasteiger partial charge on any atom is 0.312 e. The van der Waals surface area contributed by atoms with Crippen molar-refractivity contribution < 1.29 is 4.79 Å². The van der Waals surface area contributed by atoms with Crippen LogP contribution in [-0.4, -0.2) is 23.4 Å². The smallest absolute Gasteiger partial charge is 0.312 e. The zero-order valence-corrected chi connectivity index (χ0v) is 10.4. The molecule has 2 unspecified atom stereocenters. The largest absolute Gasteiger partial charge is 0.387 e. The second-order valence-corrected chi connectivity index (χ2v) is 4.60. The monoisotopic (exact) mass is 267 g/mol. The van der Waals surface area contributed by atoms with Gasteiger partial charge in [-0.1, -0.05) is 11.6 Å². The quantitative estimate of drug-likeness (QED) is 0.560. The van der Waals surface area contributed by atoms with E-state index in [-0.39, 0.29) is 5.92 Å². The van der Waals surface area contributed by atoms with Crippen LogP contribution in [0.4, 0.5) is 10.6 Å². The van der Waals surface area contributed by atoms with Crippen LogP contribution >= 0.6 is 11.6 Å². The van der Waals surface area contributed by atoms with Gasteiger partial charge in [-0.15, -0.1) is 0 Å². The third-order valence-electron chi connectivity index (χ3n) is 2.82. The van der Waals surface area contributed by atoms with Crippen LogP contribution in [0.1, 0.15) is 6.42 Å². The number of nitrogens with one attached hydrogen (secondary N) is 1. The van der Waals surface area contributed by atoms with Gasteiger partial charge in [0.1, 0.15) is 5.84 Å². The number of primary amides is 1. The molecule has 0 bridgehead atoms. The van der Waals surface area contributed by atoms with Gasteiger partial charge in [0, 0.05) is 18.7 Å². The fraction of sp³-hybridized carbons (Fsp3) is 0.364. The molecule has 1 aliphatic rings. The standard InChI is InChI=1S/C11H14ClN5O/c12-8-2-1-3-15-10(8)17-9(13)7-4-6(7)5-16-11(14)18/h1-3,6-7H,4-5H2,(H2,13,15,17)(H3,14,16,18). The minimum absolute atomic E-state index is 0.162. The first kappa shape index (κ1) is 12.6. The number of urea groups is 1. The van der Waals surface area contributed by atoms with E-state index in [1.807, 2.05) is 0 Å². The summed E-state index contributed by atoms with van der Waals surface area (Å²) in [6.45, 7) is 0.520. The Kier molecular flexibility index (Phi) is 3.66. The number of nitrogens with two attached hydrogens (primary N) is 2. The van der Waals surface area contributed by atoms with Crippen molar-refractivity contribution in [3.8, 4) is 0 Å². The van der Waals surface area contributed by atoms with Gasteiger partial charge >= 0.3 is 6.03 Å². The Labute approximate surface area is 109 Å². The Morgan fingerprint density at radius 2 is 2.39 bits per heavy atom. The van der Waals surface area contributed by atoms with Gasteiger partial charge < -0.3 is 16.8 Å². The molecule has 1 aromatic heterocycles. The van der Waals surface area contributed by atoms with Crippen molar-refractivity contribution in [2.75, 3.05) is 6.54 Å². The Balaban J connectivity index is 1.95. The van der Waals surface area contributed by atoms with Crippen LogP contribution in [0, 0.1) is 11.8 Å². The van der Waals surface area contributed by atoms with Crippen molar-refractivity contribution in [1.29, 1.82) is 0 Å². The van der Waals surface area contributed by atoms with Gasteiger partial charge in [0.05, 0.1) is 5.02 Å². The lowest BCUT2D eigenvalue weighted by Gasteiger charge is -2.02. The van der Waals surface area contributed by atoms with Gasteiger partial charge in [0.2, 0.25) is 0 Å². The fourth-order valence-corrected chi connectivity index (χ4v) is 1.90. The van der Waals surface area contributed by atoms with E-state index in [9.17, 15) is 4.79 Å². The van der Waals surface area contributed by atoms with Gasteiger partial charge in [-0.3, -0.25) is 0 Å². The molecule has 2 amide bonds.